The topological polar surface area (TPSA) is 47.4 Å². The van der Waals surface area contributed by atoms with Crippen LogP contribution in [0.1, 0.15) is 53.5 Å². The smallest absolute Gasteiger partial charge is 0.431 e. The van der Waals surface area contributed by atoms with Gasteiger partial charge in [-0.1, -0.05) is 23.7 Å². The highest BCUT2D eigenvalue weighted by molar-refractivity contribution is 6.30. The van der Waals surface area contributed by atoms with Gasteiger partial charge in [-0.2, -0.15) is 26.3 Å². The Kier molecular flexibility index (Phi) is 6.83. The van der Waals surface area contributed by atoms with Crippen LogP contribution in [0.2, 0.25) is 5.02 Å². The molecule has 0 bridgehead atoms. The van der Waals surface area contributed by atoms with Crippen LogP contribution in [0, 0.1) is 0 Å². The SMILES string of the molecule is O=C(c1c(-c2ccc(Cl)cc2)cc(C(F)(F)F)n1C1CC1)N1CCC(Oc2ccc(C(F)(F)F)cn2)CC1. The molecule has 5 rings (SSSR count). The van der Waals surface area contributed by atoms with E-state index in [2.05, 4.69) is 4.98 Å². The number of ether oxygens (including phenoxy) is 1. The Balaban J connectivity index is 1.37. The van der Waals surface area contributed by atoms with Crippen molar-refractivity contribution in [2.24, 2.45) is 0 Å². The molecule has 0 unspecified atom stereocenters. The van der Waals surface area contributed by atoms with Gasteiger partial charge in [0, 0.05) is 54.8 Å². The molecule has 38 heavy (non-hydrogen) atoms. The summed E-state index contributed by atoms with van der Waals surface area (Å²) in [5, 5.41) is 0.420. The van der Waals surface area contributed by atoms with E-state index >= 15 is 0 Å². The molecule has 2 fully saturated rings. The number of carbonyl (C=O) groups excluding carboxylic acids is 1. The molecule has 0 radical (unpaired) electrons. The second kappa shape index (κ2) is 9.83. The minimum atomic E-state index is -4.64. The molecule has 2 aliphatic rings. The van der Waals surface area contributed by atoms with Gasteiger partial charge >= 0.3 is 12.4 Å². The second-order valence-corrected chi connectivity index (χ2v) is 9.83. The third kappa shape index (κ3) is 5.48. The van der Waals surface area contributed by atoms with Gasteiger partial charge in [0.2, 0.25) is 5.88 Å². The number of alkyl halides is 6. The van der Waals surface area contributed by atoms with Gasteiger partial charge in [-0.05, 0) is 42.7 Å². The maximum Gasteiger partial charge on any atom is 0.431 e. The molecular formula is C26H22ClF6N3O2. The summed E-state index contributed by atoms with van der Waals surface area (Å²) < 4.78 is 87.1. The molecule has 0 spiro atoms. The molecule has 1 aliphatic heterocycles. The molecule has 5 nitrogen and oxygen atoms in total. The first-order valence-corrected chi connectivity index (χ1v) is 12.4. The highest BCUT2D eigenvalue weighted by atomic mass is 35.5. The number of hydrogen-bond donors (Lipinski definition) is 0. The summed E-state index contributed by atoms with van der Waals surface area (Å²) >= 11 is 5.97. The average Bonchev–Trinajstić information content (AvgIpc) is 3.62. The molecule has 1 aliphatic carbocycles. The number of aromatic nitrogens is 2. The van der Waals surface area contributed by atoms with Crippen LogP contribution >= 0.6 is 11.6 Å². The van der Waals surface area contributed by atoms with Crippen molar-refractivity contribution >= 4 is 17.5 Å². The molecule has 1 saturated heterocycles. The van der Waals surface area contributed by atoms with Crippen LogP contribution in [0.4, 0.5) is 26.3 Å². The van der Waals surface area contributed by atoms with Crippen molar-refractivity contribution in [2.75, 3.05) is 13.1 Å². The standard InChI is InChI=1S/C26H22ClF6N3O2/c27-17-4-1-15(2-5-17)20-13-21(26(31,32)33)36(18-6-7-18)23(20)24(37)35-11-9-19(10-12-35)38-22-8-3-16(14-34-22)25(28,29)30/h1-5,8,13-14,18-19H,6-7,9-12H2. The van der Waals surface area contributed by atoms with Crippen molar-refractivity contribution in [2.45, 2.75) is 50.2 Å². The fraction of sp³-hybridized carbons (Fsp3) is 0.385. The first kappa shape index (κ1) is 26.4. The summed E-state index contributed by atoms with van der Waals surface area (Å²) in [5.41, 5.74) is -1.11. The third-order valence-electron chi connectivity index (χ3n) is 6.68. The van der Waals surface area contributed by atoms with E-state index in [0.29, 0.717) is 42.5 Å². The minimum absolute atomic E-state index is 0.00841. The van der Waals surface area contributed by atoms with Crippen LogP contribution in [0.15, 0.2) is 48.7 Å². The number of carbonyl (C=O) groups is 1. The van der Waals surface area contributed by atoms with E-state index in [4.69, 9.17) is 16.3 Å². The molecule has 0 N–H and O–H groups in total. The molecule has 1 amide bonds. The summed E-state index contributed by atoms with van der Waals surface area (Å²) in [7, 11) is 0. The molecule has 1 saturated carbocycles. The number of pyridine rings is 1. The van der Waals surface area contributed by atoms with Gasteiger partial charge < -0.3 is 14.2 Å². The fourth-order valence-electron chi connectivity index (χ4n) is 4.64. The van der Waals surface area contributed by atoms with Crippen molar-refractivity contribution in [3.63, 3.8) is 0 Å². The van der Waals surface area contributed by atoms with Gasteiger partial charge in [0.1, 0.15) is 17.5 Å². The highest BCUT2D eigenvalue weighted by Crippen LogP contribution is 2.46. The van der Waals surface area contributed by atoms with Crippen molar-refractivity contribution in [1.29, 1.82) is 0 Å². The van der Waals surface area contributed by atoms with E-state index in [1.165, 1.54) is 4.90 Å². The molecule has 3 aromatic rings. The Hall–Kier alpha value is -3.21. The number of amides is 1. The van der Waals surface area contributed by atoms with Crippen LogP contribution in [0.5, 0.6) is 5.88 Å². The lowest BCUT2D eigenvalue weighted by Gasteiger charge is -2.32. The van der Waals surface area contributed by atoms with Gasteiger partial charge in [0.05, 0.1) is 5.56 Å². The normalized spacial score (nSPS) is 17.1. The molecule has 12 heteroatoms. The Morgan fingerprint density at radius 1 is 0.921 bits per heavy atom. The predicted octanol–water partition coefficient (Wildman–Crippen LogP) is 7.26. The van der Waals surface area contributed by atoms with Gasteiger partial charge in [0.25, 0.3) is 5.91 Å². The first-order chi connectivity index (χ1) is 17.9. The van der Waals surface area contributed by atoms with E-state index in [0.717, 1.165) is 22.8 Å². The summed E-state index contributed by atoms with van der Waals surface area (Å²) in [5.74, 6) is -0.478. The Labute approximate surface area is 219 Å². The second-order valence-electron chi connectivity index (χ2n) is 9.39. The van der Waals surface area contributed by atoms with E-state index in [9.17, 15) is 31.1 Å². The summed E-state index contributed by atoms with van der Waals surface area (Å²) in [6.45, 7) is 0.419. The highest BCUT2D eigenvalue weighted by Gasteiger charge is 2.43. The number of nitrogens with zero attached hydrogens (tertiary/aromatic N) is 3. The summed E-state index contributed by atoms with van der Waals surface area (Å²) in [6, 6.07) is 8.94. The number of benzene rings is 1. The monoisotopic (exact) mass is 557 g/mol. The van der Waals surface area contributed by atoms with Crippen LogP contribution < -0.4 is 4.74 Å². The lowest BCUT2D eigenvalue weighted by Crippen LogP contribution is -2.42. The number of piperidine rings is 1. The maximum atomic E-state index is 14.0. The average molecular weight is 558 g/mol. The zero-order valence-corrected chi connectivity index (χ0v) is 20.6. The Bertz CT molecular complexity index is 1310. The van der Waals surface area contributed by atoms with Crippen molar-refractivity contribution < 1.29 is 35.9 Å². The Morgan fingerprint density at radius 3 is 2.11 bits per heavy atom. The number of rotatable bonds is 5. The van der Waals surface area contributed by atoms with Crippen LogP contribution in [0.25, 0.3) is 11.1 Å². The summed E-state index contributed by atoms with van der Waals surface area (Å²) in [6.07, 6.45) is -7.06. The van der Waals surface area contributed by atoms with Crippen LogP contribution in [-0.2, 0) is 12.4 Å². The molecule has 2 aromatic heterocycles. The molecule has 0 atom stereocenters. The fourth-order valence-corrected chi connectivity index (χ4v) is 4.76. The van der Waals surface area contributed by atoms with E-state index < -0.39 is 41.7 Å². The van der Waals surface area contributed by atoms with E-state index in [-0.39, 0.29) is 30.2 Å². The third-order valence-corrected chi connectivity index (χ3v) is 6.93. The van der Waals surface area contributed by atoms with Gasteiger partial charge in [-0.15, -0.1) is 0 Å². The van der Waals surface area contributed by atoms with Gasteiger partial charge in [-0.3, -0.25) is 4.79 Å². The number of likely N-dealkylation sites (tertiary alicyclic amines) is 1. The van der Waals surface area contributed by atoms with E-state index in [1.54, 1.807) is 24.3 Å². The Morgan fingerprint density at radius 2 is 1.58 bits per heavy atom. The lowest BCUT2D eigenvalue weighted by molar-refractivity contribution is -0.143. The molecule has 3 heterocycles. The quantitative estimate of drug-likeness (QED) is 0.310. The number of halogens is 7. The van der Waals surface area contributed by atoms with Gasteiger partial charge in [-0.25, -0.2) is 4.98 Å². The number of hydrogen-bond acceptors (Lipinski definition) is 3. The zero-order chi connectivity index (χ0) is 27.2. The van der Waals surface area contributed by atoms with Crippen molar-refractivity contribution in [1.82, 2.24) is 14.5 Å². The summed E-state index contributed by atoms with van der Waals surface area (Å²) in [4.78, 5) is 18.9. The van der Waals surface area contributed by atoms with Gasteiger partial charge in [0.15, 0.2) is 0 Å². The predicted molar refractivity (Wildman–Crippen MR) is 127 cm³/mol. The maximum absolute atomic E-state index is 14.0. The molecule has 202 valence electrons. The minimum Gasteiger partial charge on any atom is -0.474 e. The zero-order valence-electron chi connectivity index (χ0n) is 19.8. The van der Waals surface area contributed by atoms with E-state index in [1.807, 2.05) is 0 Å². The van der Waals surface area contributed by atoms with Crippen molar-refractivity contribution in [3.05, 3.63) is 70.6 Å². The van der Waals surface area contributed by atoms with Crippen molar-refractivity contribution in [3.8, 4) is 17.0 Å². The van der Waals surface area contributed by atoms with Crippen LogP contribution in [-0.4, -0.2) is 39.6 Å². The van der Waals surface area contributed by atoms with Crippen LogP contribution in [0.3, 0.4) is 0 Å². The first-order valence-electron chi connectivity index (χ1n) is 12.0. The largest absolute Gasteiger partial charge is 0.474 e. The molecular weight excluding hydrogens is 536 g/mol. The lowest BCUT2D eigenvalue weighted by atomic mass is 10.0. The molecule has 1 aromatic carbocycles.